The lowest BCUT2D eigenvalue weighted by Crippen LogP contribution is -2.28. The molecule has 0 heterocycles. The smallest absolute Gasteiger partial charge is 0.306 e. The maximum absolute atomic E-state index is 12.3. The second-order valence-corrected chi connectivity index (χ2v) is 19.0. The molecule has 0 radical (unpaired) electrons. The Morgan fingerprint density at radius 2 is 0.625 bits per heavy atom. The Hall–Kier alpha value is -2.14. The first kappa shape index (κ1) is 61.9. The van der Waals surface area contributed by atoms with Gasteiger partial charge in [-0.05, 0) is 77.0 Å². The SMILES string of the molecule is CCCCC/C=C\C/C=C\C/C=C\CCCCCCCCC(=O)OC(CO)COC(=O)CCCCCCCCCCCCCCCCCCCCC/C=C\CCCCCCCCCC. The van der Waals surface area contributed by atoms with Crippen LogP contribution in [0.1, 0.15) is 296 Å². The third-order valence-electron chi connectivity index (χ3n) is 12.6. The van der Waals surface area contributed by atoms with E-state index >= 15 is 0 Å². The van der Waals surface area contributed by atoms with Crippen LogP contribution in [0, 0.1) is 0 Å². The van der Waals surface area contributed by atoms with E-state index in [4.69, 9.17) is 9.47 Å². The van der Waals surface area contributed by atoms with Crippen molar-refractivity contribution in [2.75, 3.05) is 13.2 Å². The molecule has 0 bridgehead atoms. The first-order valence-corrected chi connectivity index (χ1v) is 28.2. The third-order valence-corrected chi connectivity index (χ3v) is 12.6. The van der Waals surface area contributed by atoms with Gasteiger partial charge in [0.25, 0.3) is 0 Å². The minimum Gasteiger partial charge on any atom is -0.462 e. The first-order chi connectivity index (χ1) is 31.6. The molecule has 0 aromatic rings. The van der Waals surface area contributed by atoms with Gasteiger partial charge in [-0.1, -0.05) is 255 Å². The second kappa shape index (κ2) is 55.2. The molecule has 1 N–H and O–H groups in total. The molecule has 0 spiro atoms. The van der Waals surface area contributed by atoms with Crippen LogP contribution in [0.2, 0.25) is 0 Å². The Labute approximate surface area is 398 Å². The van der Waals surface area contributed by atoms with Gasteiger partial charge in [0, 0.05) is 12.8 Å². The Bertz CT molecular complexity index is 1060. The van der Waals surface area contributed by atoms with E-state index < -0.39 is 6.10 Å². The Morgan fingerprint density at radius 1 is 0.359 bits per heavy atom. The molecule has 1 unspecified atom stereocenters. The van der Waals surface area contributed by atoms with Crippen molar-refractivity contribution in [1.29, 1.82) is 0 Å². The number of carbonyl (C=O) groups excluding carboxylic acids is 2. The molecule has 0 fully saturated rings. The summed E-state index contributed by atoms with van der Waals surface area (Å²) in [6.07, 6.45) is 72.3. The number of allylic oxidation sites excluding steroid dienone is 8. The molecule has 5 heteroatoms. The highest BCUT2D eigenvalue weighted by atomic mass is 16.6. The van der Waals surface area contributed by atoms with Crippen molar-refractivity contribution >= 4 is 11.9 Å². The molecule has 0 aliphatic rings. The predicted octanol–water partition coefficient (Wildman–Crippen LogP) is 18.9. The summed E-state index contributed by atoms with van der Waals surface area (Å²) in [7, 11) is 0. The van der Waals surface area contributed by atoms with Crippen LogP contribution >= 0.6 is 0 Å². The van der Waals surface area contributed by atoms with Gasteiger partial charge in [-0.15, -0.1) is 0 Å². The van der Waals surface area contributed by atoms with Crippen LogP contribution in [0.15, 0.2) is 48.6 Å². The van der Waals surface area contributed by atoms with Crippen molar-refractivity contribution in [3.8, 4) is 0 Å². The zero-order valence-electron chi connectivity index (χ0n) is 42.8. The highest BCUT2D eigenvalue weighted by Gasteiger charge is 2.16. The Balaban J connectivity index is 3.44. The topological polar surface area (TPSA) is 72.8 Å². The van der Waals surface area contributed by atoms with E-state index in [9.17, 15) is 14.7 Å². The number of ether oxygens (including phenoxy) is 2. The summed E-state index contributed by atoms with van der Waals surface area (Å²) >= 11 is 0. The average Bonchev–Trinajstić information content (AvgIpc) is 3.30. The fourth-order valence-corrected chi connectivity index (χ4v) is 8.32. The Morgan fingerprint density at radius 3 is 0.984 bits per heavy atom. The van der Waals surface area contributed by atoms with Crippen LogP contribution in [0.4, 0.5) is 0 Å². The van der Waals surface area contributed by atoms with Gasteiger partial charge in [-0.25, -0.2) is 0 Å². The lowest BCUT2D eigenvalue weighted by molar-refractivity contribution is -0.161. The number of rotatable bonds is 52. The number of hydrogen-bond acceptors (Lipinski definition) is 5. The van der Waals surface area contributed by atoms with E-state index in [1.807, 2.05) is 0 Å². The molecule has 5 nitrogen and oxygen atoms in total. The molecule has 64 heavy (non-hydrogen) atoms. The molecule has 0 aliphatic carbocycles. The fourth-order valence-electron chi connectivity index (χ4n) is 8.32. The van der Waals surface area contributed by atoms with Crippen molar-refractivity contribution in [2.45, 2.75) is 302 Å². The molecule has 0 amide bonds. The summed E-state index contributed by atoms with van der Waals surface area (Å²) in [6.45, 7) is 4.13. The summed E-state index contributed by atoms with van der Waals surface area (Å²) < 4.78 is 10.7. The summed E-state index contributed by atoms with van der Waals surface area (Å²) in [5.74, 6) is -0.594. The quantitative estimate of drug-likeness (QED) is 0.0374. The largest absolute Gasteiger partial charge is 0.462 e. The van der Waals surface area contributed by atoms with Crippen molar-refractivity contribution in [3.05, 3.63) is 48.6 Å². The van der Waals surface area contributed by atoms with Gasteiger partial charge < -0.3 is 14.6 Å². The lowest BCUT2D eigenvalue weighted by atomic mass is 10.0. The minimum atomic E-state index is -0.779. The molecular weight excluding hydrogens is 789 g/mol. The van der Waals surface area contributed by atoms with Crippen LogP contribution in [0.25, 0.3) is 0 Å². The summed E-state index contributed by atoms with van der Waals surface area (Å²) in [5.41, 5.74) is 0. The molecule has 374 valence electrons. The monoisotopic (exact) mass is 897 g/mol. The van der Waals surface area contributed by atoms with Crippen molar-refractivity contribution in [2.24, 2.45) is 0 Å². The first-order valence-electron chi connectivity index (χ1n) is 28.2. The van der Waals surface area contributed by atoms with Crippen LogP contribution in [0.5, 0.6) is 0 Å². The zero-order valence-corrected chi connectivity index (χ0v) is 42.8. The molecular formula is C59H108O5. The van der Waals surface area contributed by atoms with Crippen LogP contribution < -0.4 is 0 Å². The van der Waals surface area contributed by atoms with Gasteiger partial charge in [0.2, 0.25) is 0 Å². The van der Waals surface area contributed by atoms with Gasteiger partial charge >= 0.3 is 11.9 Å². The Kier molecular flexibility index (Phi) is 53.3. The number of aliphatic hydroxyl groups is 1. The molecule has 0 aromatic carbocycles. The standard InChI is InChI=1S/C59H108O5/c1-3-5-7-9-11-13-15-17-19-21-23-24-25-26-27-28-29-30-31-32-33-34-36-37-39-41-43-45-47-49-51-53-58(61)63-56-57(55-60)64-59(62)54-52-50-48-46-44-42-40-38-35-22-20-18-16-14-12-10-8-6-4-2/h12,14,18,20-21,23,35,38,57,60H,3-11,13,15-17,19,22,24-34,36-37,39-56H2,1-2H3/b14-12-,20-18-,23-21-,38-35-. The predicted molar refractivity (Wildman–Crippen MR) is 279 cm³/mol. The summed E-state index contributed by atoms with van der Waals surface area (Å²) in [4.78, 5) is 24.5. The molecule has 1 atom stereocenters. The fraction of sp³-hybridized carbons (Fsp3) is 0.831. The van der Waals surface area contributed by atoms with E-state index in [2.05, 4.69) is 62.5 Å². The summed E-state index contributed by atoms with van der Waals surface area (Å²) in [6, 6.07) is 0. The molecule has 0 saturated carbocycles. The molecule has 0 rings (SSSR count). The van der Waals surface area contributed by atoms with Crippen molar-refractivity contribution in [3.63, 3.8) is 0 Å². The van der Waals surface area contributed by atoms with E-state index in [-0.39, 0.29) is 25.2 Å². The highest BCUT2D eigenvalue weighted by molar-refractivity contribution is 5.70. The average molecular weight is 898 g/mol. The van der Waals surface area contributed by atoms with Crippen molar-refractivity contribution in [1.82, 2.24) is 0 Å². The van der Waals surface area contributed by atoms with E-state index in [0.29, 0.717) is 12.8 Å². The minimum absolute atomic E-state index is 0.0690. The maximum Gasteiger partial charge on any atom is 0.306 e. The lowest BCUT2D eigenvalue weighted by Gasteiger charge is -2.15. The second-order valence-electron chi connectivity index (χ2n) is 19.0. The van der Waals surface area contributed by atoms with Gasteiger partial charge in [0.05, 0.1) is 6.61 Å². The molecule has 0 aromatic heterocycles. The number of hydrogen-bond donors (Lipinski definition) is 1. The van der Waals surface area contributed by atoms with Crippen LogP contribution in [0.3, 0.4) is 0 Å². The number of carbonyl (C=O) groups is 2. The molecule has 0 aliphatic heterocycles. The van der Waals surface area contributed by atoms with Gasteiger partial charge in [-0.2, -0.15) is 0 Å². The van der Waals surface area contributed by atoms with Crippen molar-refractivity contribution < 1.29 is 24.2 Å². The van der Waals surface area contributed by atoms with E-state index in [1.54, 1.807) is 0 Å². The third kappa shape index (κ3) is 52.5. The number of esters is 2. The number of unbranched alkanes of at least 4 members (excludes halogenated alkanes) is 36. The number of aliphatic hydroxyl groups excluding tert-OH is 1. The van der Waals surface area contributed by atoms with Crippen LogP contribution in [-0.4, -0.2) is 36.4 Å². The maximum atomic E-state index is 12.3. The van der Waals surface area contributed by atoms with Gasteiger partial charge in [0.15, 0.2) is 6.10 Å². The zero-order chi connectivity index (χ0) is 46.3. The van der Waals surface area contributed by atoms with E-state index in [1.165, 1.54) is 212 Å². The van der Waals surface area contributed by atoms with Crippen LogP contribution in [-0.2, 0) is 19.1 Å². The summed E-state index contributed by atoms with van der Waals surface area (Å²) in [5, 5.41) is 9.64. The highest BCUT2D eigenvalue weighted by Crippen LogP contribution is 2.17. The molecule has 0 saturated heterocycles. The van der Waals surface area contributed by atoms with Gasteiger partial charge in [-0.3, -0.25) is 9.59 Å². The van der Waals surface area contributed by atoms with Gasteiger partial charge in [0.1, 0.15) is 6.61 Å². The normalized spacial score (nSPS) is 12.5. The van der Waals surface area contributed by atoms with E-state index in [0.717, 1.165) is 57.8 Å².